The van der Waals surface area contributed by atoms with Crippen molar-refractivity contribution in [2.24, 2.45) is 0 Å². The molecule has 0 bridgehead atoms. The Bertz CT molecular complexity index is 1100. The molecule has 0 amide bonds. The summed E-state index contributed by atoms with van der Waals surface area (Å²) >= 11 is 0. The normalized spacial score (nSPS) is 12.5. The molecule has 3 rings (SSSR count). The summed E-state index contributed by atoms with van der Waals surface area (Å²) in [7, 11) is -4.45. The number of alkyl halides is 3. The van der Waals surface area contributed by atoms with Crippen LogP contribution in [0.3, 0.4) is 0 Å². The fourth-order valence-corrected chi connectivity index (χ4v) is 4.09. The standard InChI is InChI=1S/C19H14F5NO3S/c20-16-5-1-2-6-18(16)29(26,27)25(12-15-4-3-9-28-15)11-13-7-8-14(10-17(13)21)19(22,23)24/h1-10H,11-12H2. The molecule has 0 spiro atoms. The molecule has 0 fully saturated rings. The van der Waals surface area contributed by atoms with Crippen LogP contribution in [0, 0.1) is 11.6 Å². The van der Waals surface area contributed by atoms with Gasteiger partial charge in [0.15, 0.2) is 0 Å². The first-order valence-corrected chi connectivity index (χ1v) is 9.66. The van der Waals surface area contributed by atoms with Crippen LogP contribution in [0.25, 0.3) is 0 Å². The van der Waals surface area contributed by atoms with Crippen LogP contribution in [-0.4, -0.2) is 12.7 Å². The van der Waals surface area contributed by atoms with Crippen LogP contribution in [-0.2, 0) is 29.3 Å². The number of sulfonamides is 1. The molecule has 0 saturated heterocycles. The molecule has 0 unspecified atom stereocenters. The van der Waals surface area contributed by atoms with Gasteiger partial charge in [0, 0.05) is 12.1 Å². The molecule has 2 aromatic carbocycles. The molecule has 1 heterocycles. The molecular weight excluding hydrogens is 417 g/mol. The lowest BCUT2D eigenvalue weighted by Gasteiger charge is -2.22. The van der Waals surface area contributed by atoms with E-state index < -0.39 is 44.8 Å². The van der Waals surface area contributed by atoms with Crippen molar-refractivity contribution >= 4 is 10.0 Å². The largest absolute Gasteiger partial charge is 0.468 e. The van der Waals surface area contributed by atoms with E-state index in [9.17, 15) is 30.4 Å². The number of hydrogen-bond acceptors (Lipinski definition) is 3. The summed E-state index contributed by atoms with van der Waals surface area (Å²) in [6, 6.07) is 9.38. The van der Waals surface area contributed by atoms with E-state index in [0.717, 1.165) is 22.5 Å². The highest BCUT2D eigenvalue weighted by atomic mass is 32.2. The second-order valence-corrected chi connectivity index (χ2v) is 7.99. The molecule has 154 valence electrons. The second kappa shape index (κ2) is 7.96. The zero-order chi connectivity index (χ0) is 21.2. The highest BCUT2D eigenvalue weighted by Crippen LogP contribution is 2.31. The molecule has 10 heteroatoms. The summed E-state index contributed by atoms with van der Waals surface area (Å²) in [6.07, 6.45) is -3.45. The van der Waals surface area contributed by atoms with Gasteiger partial charge in [-0.2, -0.15) is 17.5 Å². The van der Waals surface area contributed by atoms with Crippen LogP contribution in [0.1, 0.15) is 16.9 Å². The van der Waals surface area contributed by atoms with E-state index in [1.165, 1.54) is 30.5 Å². The highest BCUT2D eigenvalue weighted by molar-refractivity contribution is 7.89. The molecule has 29 heavy (non-hydrogen) atoms. The molecule has 0 atom stereocenters. The summed E-state index contributed by atoms with van der Waals surface area (Å²) in [5.41, 5.74) is -1.50. The fourth-order valence-electron chi connectivity index (χ4n) is 2.64. The molecular formula is C19H14F5NO3S. The summed E-state index contributed by atoms with van der Waals surface area (Å²) < 4.78 is 98.4. The minimum absolute atomic E-state index is 0.192. The average molecular weight is 431 g/mol. The summed E-state index contributed by atoms with van der Waals surface area (Å²) in [5.74, 6) is -2.05. The molecule has 0 radical (unpaired) electrons. The Morgan fingerprint density at radius 1 is 0.897 bits per heavy atom. The van der Waals surface area contributed by atoms with Crippen molar-refractivity contribution in [3.05, 3.63) is 89.4 Å². The van der Waals surface area contributed by atoms with Crippen LogP contribution in [0.4, 0.5) is 22.0 Å². The summed E-state index contributed by atoms with van der Waals surface area (Å²) in [6.45, 7) is -0.995. The van der Waals surface area contributed by atoms with Gasteiger partial charge in [-0.15, -0.1) is 0 Å². The lowest BCUT2D eigenvalue weighted by molar-refractivity contribution is -0.137. The van der Waals surface area contributed by atoms with Gasteiger partial charge in [-0.05, 0) is 36.4 Å². The minimum Gasteiger partial charge on any atom is -0.468 e. The van der Waals surface area contributed by atoms with Gasteiger partial charge in [0.1, 0.15) is 22.3 Å². The fraction of sp³-hybridized carbons (Fsp3) is 0.158. The Kier molecular flexibility index (Phi) is 5.76. The Balaban J connectivity index is 2.00. The van der Waals surface area contributed by atoms with Crippen LogP contribution in [0.2, 0.25) is 0 Å². The van der Waals surface area contributed by atoms with Gasteiger partial charge in [0.25, 0.3) is 0 Å². The quantitative estimate of drug-likeness (QED) is 0.518. The van der Waals surface area contributed by atoms with Crippen molar-refractivity contribution in [3.63, 3.8) is 0 Å². The monoisotopic (exact) mass is 431 g/mol. The number of hydrogen-bond donors (Lipinski definition) is 0. The molecule has 0 aliphatic rings. The van der Waals surface area contributed by atoms with E-state index in [2.05, 4.69) is 0 Å². The summed E-state index contributed by atoms with van der Waals surface area (Å²) in [4.78, 5) is -0.640. The number of rotatable bonds is 6. The minimum atomic E-state index is -4.74. The van der Waals surface area contributed by atoms with Gasteiger partial charge in [-0.25, -0.2) is 17.2 Å². The van der Waals surface area contributed by atoms with Gasteiger partial charge in [0.2, 0.25) is 10.0 Å². The molecule has 3 aromatic rings. The maximum Gasteiger partial charge on any atom is 0.416 e. The van der Waals surface area contributed by atoms with Gasteiger partial charge < -0.3 is 4.42 Å². The topological polar surface area (TPSA) is 50.5 Å². The van der Waals surface area contributed by atoms with Gasteiger partial charge in [-0.3, -0.25) is 0 Å². The maximum absolute atomic E-state index is 14.3. The number of furan rings is 1. The third kappa shape index (κ3) is 4.65. The van der Waals surface area contributed by atoms with Crippen molar-refractivity contribution in [3.8, 4) is 0 Å². The van der Waals surface area contributed by atoms with Crippen molar-refractivity contribution in [2.45, 2.75) is 24.2 Å². The Morgan fingerprint density at radius 2 is 1.62 bits per heavy atom. The van der Waals surface area contributed by atoms with E-state index in [1.54, 1.807) is 0 Å². The van der Waals surface area contributed by atoms with E-state index in [4.69, 9.17) is 4.42 Å². The SMILES string of the molecule is O=S(=O)(c1ccccc1F)N(Cc1ccco1)Cc1ccc(C(F)(F)F)cc1F. The lowest BCUT2D eigenvalue weighted by atomic mass is 10.1. The first-order chi connectivity index (χ1) is 13.6. The van der Waals surface area contributed by atoms with Gasteiger partial charge in [0.05, 0.1) is 18.4 Å². The van der Waals surface area contributed by atoms with E-state index in [0.29, 0.717) is 6.07 Å². The molecule has 0 N–H and O–H groups in total. The number of nitrogens with zero attached hydrogens (tertiary/aromatic N) is 1. The zero-order valence-corrected chi connectivity index (χ0v) is 15.5. The van der Waals surface area contributed by atoms with E-state index >= 15 is 0 Å². The highest BCUT2D eigenvalue weighted by Gasteiger charge is 2.33. The van der Waals surface area contributed by atoms with Crippen molar-refractivity contribution < 1.29 is 34.8 Å². The Labute approximate surface area is 163 Å². The van der Waals surface area contributed by atoms with Gasteiger partial charge >= 0.3 is 6.18 Å². The van der Waals surface area contributed by atoms with Crippen LogP contribution < -0.4 is 0 Å². The predicted molar refractivity (Wildman–Crippen MR) is 92.9 cm³/mol. The van der Waals surface area contributed by atoms with E-state index in [-0.39, 0.29) is 23.9 Å². The molecule has 4 nitrogen and oxygen atoms in total. The second-order valence-electron chi connectivity index (χ2n) is 6.09. The maximum atomic E-state index is 14.3. The first kappa shape index (κ1) is 21.0. The average Bonchev–Trinajstić information content (AvgIpc) is 3.15. The summed E-state index contributed by atoms with van der Waals surface area (Å²) in [5, 5.41) is 0. The number of benzene rings is 2. The van der Waals surface area contributed by atoms with Crippen LogP contribution in [0.15, 0.2) is 70.2 Å². The predicted octanol–water partition coefficient (Wildman–Crippen LogP) is 4.97. The third-order valence-corrected chi connectivity index (χ3v) is 5.92. The number of halogens is 5. The Morgan fingerprint density at radius 3 is 2.21 bits per heavy atom. The molecule has 0 aliphatic carbocycles. The first-order valence-electron chi connectivity index (χ1n) is 8.22. The smallest absolute Gasteiger partial charge is 0.416 e. The molecule has 1 aromatic heterocycles. The lowest BCUT2D eigenvalue weighted by Crippen LogP contribution is -2.31. The molecule has 0 saturated carbocycles. The Hall–Kier alpha value is -2.72. The van der Waals surface area contributed by atoms with Crippen molar-refractivity contribution in [2.75, 3.05) is 0 Å². The van der Waals surface area contributed by atoms with Crippen LogP contribution in [0.5, 0.6) is 0 Å². The van der Waals surface area contributed by atoms with E-state index in [1.807, 2.05) is 0 Å². The van der Waals surface area contributed by atoms with Crippen molar-refractivity contribution in [1.29, 1.82) is 0 Å². The third-order valence-electron chi connectivity index (χ3n) is 4.09. The molecule has 0 aliphatic heterocycles. The van der Waals surface area contributed by atoms with Gasteiger partial charge in [-0.1, -0.05) is 18.2 Å². The van der Waals surface area contributed by atoms with Crippen molar-refractivity contribution in [1.82, 2.24) is 4.31 Å². The van der Waals surface area contributed by atoms with Crippen LogP contribution >= 0.6 is 0 Å². The zero-order valence-electron chi connectivity index (χ0n) is 14.7.